The molecule has 194 valence electrons. The van der Waals surface area contributed by atoms with Crippen LogP contribution in [0.3, 0.4) is 0 Å². The van der Waals surface area contributed by atoms with E-state index in [1.54, 1.807) is 37.4 Å². The number of fused-ring (bicyclic) bond motifs is 4. The molecule has 1 saturated heterocycles. The molecule has 1 unspecified atom stereocenters. The zero-order valence-electron chi connectivity index (χ0n) is 21.7. The minimum atomic E-state index is -3.43. The quantitative estimate of drug-likeness (QED) is 0.627. The number of rotatable bonds is 5. The van der Waals surface area contributed by atoms with Crippen molar-refractivity contribution in [2.75, 3.05) is 19.4 Å². The highest BCUT2D eigenvalue weighted by molar-refractivity contribution is 7.91. The lowest BCUT2D eigenvalue weighted by molar-refractivity contribution is -0.148. The fraction of sp³-hybridized carbons (Fsp3) is 0.552. The second kappa shape index (κ2) is 8.79. The molecule has 1 N–H and O–H groups in total. The zero-order chi connectivity index (χ0) is 25.9. The number of sulfone groups is 1. The normalized spacial score (nSPS) is 29.0. The molecule has 2 aliphatic carbocycles. The Hall–Kier alpha value is -2.54. The lowest BCUT2D eigenvalue weighted by Gasteiger charge is -2.61. The van der Waals surface area contributed by atoms with Gasteiger partial charge in [0, 0.05) is 23.9 Å². The summed E-state index contributed by atoms with van der Waals surface area (Å²) in [5, 5.41) is 10.6. The van der Waals surface area contributed by atoms with E-state index < -0.39 is 9.84 Å². The van der Waals surface area contributed by atoms with Crippen LogP contribution in [0.15, 0.2) is 47.4 Å². The maximum absolute atomic E-state index is 13.8. The predicted octanol–water partition coefficient (Wildman–Crippen LogP) is 4.73. The fourth-order valence-corrected chi connectivity index (χ4v) is 8.73. The summed E-state index contributed by atoms with van der Waals surface area (Å²) in [4.78, 5) is 16.2. The van der Waals surface area contributed by atoms with Crippen LogP contribution >= 0.6 is 0 Å². The number of benzene rings is 2. The van der Waals surface area contributed by atoms with Crippen LogP contribution in [0.1, 0.15) is 57.6 Å². The molecule has 1 aliphatic heterocycles. The van der Waals surface area contributed by atoms with Gasteiger partial charge in [0.15, 0.2) is 9.84 Å². The predicted molar refractivity (Wildman–Crippen MR) is 139 cm³/mol. The number of carbonyl (C=O) groups excluding carboxylic acids is 1. The molecule has 2 aromatic rings. The molecular weight excluding hydrogens is 474 g/mol. The molecule has 1 saturated carbocycles. The molecule has 2 aromatic carbocycles. The van der Waals surface area contributed by atoms with Crippen LogP contribution in [-0.2, 0) is 26.5 Å². The van der Waals surface area contributed by atoms with Crippen LogP contribution in [0.5, 0.6) is 11.5 Å². The number of aromatic hydroxyl groups is 1. The van der Waals surface area contributed by atoms with Crippen molar-refractivity contribution in [3.63, 3.8) is 0 Å². The SMILES string of the molecule is COc1ccc(S(=O)(=O)CC2CC[C@@H](C(=O)N3CC[C@@]4(C)c5cccc(O)c5C[C@@H]3C4(C)C)C2)cc1. The van der Waals surface area contributed by atoms with Gasteiger partial charge in [-0.3, -0.25) is 4.79 Å². The van der Waals surface area contributed by atoms with E-state index in [1.807, 2.05) is 6.07 Å². The van der Waals surface area contributed by atoms with Gasteiger partial charge in [-0.1, -0.05) is 32.9 Å². The molecule has 0 spiro atoms. The van der Waals surface area contributed by atoms with Gasteiger partial charge in [0.05, 0.1) is 17.8 Å². The standard InChI is InChI=1S/C29H37NO5S/c1-28(2)26-17-23-24(6-5-7-25(23)31)29(28,3)14-15-30(26)27(32)20-9-8-19(16-20)18-36(33,34)22-12-10-21(35-4)11-13-22/h5-7,10-13,19-20,26,31H,8-9,14-18H2,1-4H3/t19?,20-,26-,29+/m1/s1. The minimum Gasteiger partial charge on any atom is -0.508 e. The van der Waals surface area contributed by atoms with Crippen LogP contribution < -0.4 is 4.74 Å². The molecule has 0 aromatic heterocycles. The monoisotopic (exact) mass is 511 g/mol. The molecule has 2 bridgehead atoms. The van der Waals surface area contributed by atoms with E-state index in [1.165, 1.54) is 5.56 Å². The average Bonchev–Trinajstić information content (AvgIpc) is 3.29. The van der Waals surface area contributed by atoms with Gasteiger partial charge in [0.2, 0.25) is 5.91 Å². The van der Waals surface area contributed by atoms with Gasteiger partial charge >= 0.3 is 0 Å². The number of ether oxygens (including phenoxy) is 1. The van der Waals surface area contributed by atoms with Crippen molar-refractivity contribution in [2.24, 2.45) is 17.3 Å². The number of phenols is 1. The Morgan fingerprint density at radius 1 is 1.11 bits per heavy atom. The molecule has 2 fully saturated rings. The molecule has 7 heteroatoms. The summed E-state index contributed by atoms with van der Waals surface area (Å²) in [6.45, 7) is 7.48. The van der Waals surface area contributed by atoms with Crippen molar-refractivity contribution < 1.29 is 23.1 Å². The molecule has 3 aliphatic rings. The van der Waals surface area contributed by atoms with Gasteiger partial charge in [-0.2, -0.15) is 0 Å². The first-order chi connectivity index (χ1) is 17.0. The molecule has 0 radical (unpaired) electrons. The highest BCUT2D eigenvalue weighted by Crippen LogP contribution is 2.57. The topological polar surface area (TPSA) is 83.9 Å². The van der Waals surface area contributed by atoms with E-state index in [2.05, 4.69) is 31.7 Å². The number of carbonyl (C=O) groups is 1. The number of amides is 1. The van der Waals surface area contributed by atoms with E-state index in [0.29, 0.717) is 35.8 Å². The highest BCUT2D eigenvalue weighted by Gasteiger charge is 2.57. The lowest BCUT2D eigenvalue weighted by Crippen LogP contribution is -2.65. The Kier molecular flexibility index (Phi) is 6.13. The van der Waals surface area contributed by atoms with Crippen LogP contribution in [0.2, 0.25) is 0 Å². The third-order valence-corrected chi connectivity index (χ3v) is 11.6. The molecule has 6 nitrogen and oxygen atoms in total. The Labute approximate surface area is 214 Å². The molecule has 1 heterocycles. The maximum atomic E-state index is 13.8. The van der Waals surface area contributed by atoms with Crippen LogP contribution in [0.4, 0.5) is 0 Å². The lowest BCUT2D eigenvalue weighted by atomic mass is 9.51. The summed E-state index contributed by atoms with van der Waals surface area (Å²) in [7, 11) is -1.88. The number of hydrogen-bond acceptors (Lipinski definition) is 5. The van der Waals surface area contributed by atoms with Gasteiger partial charge in [-0.15, -0.1) is 0 Å². The number of likely N-dealkylation sites (tertiary alicyclic amines) is 1. The van der Waals surface area contributed by atoms with E-state index in [0.717, 1.165) is 24.8 Å². The first kappa shape index (κ1) is 25.1. The smallest absolute Gasteiger partial charge is 0.225 e. The van der Waals surface area contributed by atoms with E-state index in [-0.39, 0.29) is 40.4 Å². The van der Waals surface area contributed by atoms with Crippen molar-refractivity contribution in [2.45, 2.75) is 69.2 Å². The summed E-state index contributed by atoms with van der Waals surface area (Å²) in [5.41, 5.74) is 1.92. The number of phenolic OH excluding ortho intramolecular Hbond substituents is 1. The van der Waals surface area contributed by atoms with Crippen LogP contribution in [0, 0.1) is 17.3 Å². The van der Waals surface area contributed by atoms with E-state index in [4.69, 9.17) is 4.74 Å². The molecule has 4 atom stereocenters. The second-order valence-electron chi connectivity index (χ2n) is 11.7. The largest absolute Gasteiger partial charge is 0.508 e. The van der Waals surface area contributed by atoms with Gasteiger partial charge < -0.3 is 14.7 Å². The third-order valence-electron chi connectivity index (χ3n) is 9.67. The zero-order valence-corrected chi connectivity index (χ0v) is 22.5. The number of methoxy groups -OCH3 is 1. The van der Waals surface area contributed by atoms with E-state index in [9.17, 15) is 18.3 Å². The van der Waals surface area contributed by atoms with Crippen molar-refractivity contribution >= 4 is 15.7 Å². The average molecular weight is 512 g/mol. The molecule has 5 rings (SSSR count). The van der Waals surface area contributed by atoms with E-state index >= 15 is 0 Å². The summed E-state index contributed by atoms with van der Waals surface area (Å²) in [6.07, 6.45) is 3.58. The Morgan fingerprint density at radius 3 is 2.53 bits per heavy atom. The number of hydrogen-bond donors (Lipinski definition) is 1. The number of nitrogens with zero attached hydrogens (tertiary/aromatic N) is 1. The molecular formula is C29H37NO5S. The first-order valence-corrected chi connectivity index (χ1v) is 14.6. The highest BCUT2D eigenvalue weighted by atomic mass is 32.2. The second-order valence-corrected chi connectivity index (χ2v) is 13.7. The van der Waals surface area contributed by atoms with Gasteiger partial charge in [0.1, 0.15) is 11.5 Å². The van der Waals surface area contributed by atoms with Crippen molar-refractivity contribution in [3.8, 4) is 11.5 Å². The Morgan fingerprint density at radius 2 is 1.83 bits per heavy atom. The fourth-order valence-electron chi connectivity index (χ4n) is 7.06. The summed E-state index contributed by atoms with van der Waals surface area (Å²) in [6, 6.07) is 12.3. The number of piperidine rings is 1. The third kappa shape index (κ3) is 3.90. The minimum absolute atomic E-state index is 0.00614. The maximum Gasteiger partial charge on any atom is 0.225 e. The van der Waals surface area contributed by atoms with Crippen molar-refractivity contribution in [1.82, 2.24) is 4.90 Å². The Balaban J connectivity index is 1.31. The van der Waals surface area contributed by atoms with Crippen molar-refractivity contribution in [1.29, 1.82) is 0 Å². The Bertz CT molecular complexity index is 1270. The van der Waals surface area contributed by atoms with Crippen LogP contribution in [0.25, 0.3) is 0 Å². The molecule has 1 amide bonds. The van der Waals surface area contributed by atoms with Gasteiger partial charge in [0.25, 0.3) is 0 Å². The van der Waals surface area contributed by atoms with Gasteiger partial charge in [-0.25, -0.2) is 8.42 Å². The summed E-state index contributed by atoms with van der Waals surface area (Å²) >= 11 is 0. The summed E-state index contributed by atoms with van der Waals surface area (Å²) in [5.74, 6) is 0.991. The molecule has 36 heavy (non-hydrogen) atoms. The van der Waals surface area contributed by atoms with Crippen LogP contribution in [-0.4, -0.2) is 49.8 Å². The van der Waals surface area contributed by atoms with Crippen molar-refractivity contribution in [3.05, 3.63) is 53.6 Å². The first-order valence-electron chi connectivity index (χ1n) is 13.0. The summed E-state index contributed by atoms with van der Waals surface area (Å²) < 4.78 is 31.2. The van der Waals surface area contributed by atoms with Gasteiger partial charge in [-0.05, 0) is 84.9 Å².